The third kappa shape index (κ3) is 6.10. The molecule has 0 aliphatic carbocycles. The Kier molecular flexibility index (Phi) is 8.08. The highest BCUT2D eigenvalue weighted by Crippen LogP contribution is 2.27. The molecular formula is C26H26ClF2N3O2. The third-order valence-corrected chi connectivity index (χ3v) is 6.32. The maximum Gasteiger partial charge on any atom is 0.223 e. The average molecular weight is 486 g/mol. The Balaban J connectivity index is 1.33. The predicted molar refractivity (Wildman–Crippen MR) is 127 cm³/mol. The molecule has 0 spiro atoms. The number of rotatable bonds is 8. The summed E-state index contributed by atoms with van der Waals surface area (Å²) in [6, 6.07) is 14.3. The number of benzene rings is 2. The summed E-state index contributed by atoms with van der Waals surface area (Å²) in [6.45, 7) is 2.48. The number of hydrogen-bond donors (Lipinski definition) is 1. The maximum atomic E-state index is 14.5. The lowest BCUT2D eigenvalue weighted by molar-refractivity contribution is -0.127. The zero-order chi connectivity index (χ0) is 23.9. The van der Waals surface area contributed by atoms with E-state index >= 15 is 0 Å². The van der Waals surface area contributed by atoms with Crippen molar-refractivity contribution in [3.8, 4) is 5.75 Å². The summed E-state index contributed by atoms with van der Waals surface area (Å²) in [6.07, 6.45) is 4.01. The van der Waals surface area contributed by atoms with E-state index < -0.39 is 11.9 Å². The van der Waals surface area contributed by atoms with Crippen LogP contribution < -0.4 is 10.1 Å². The van der Waals surface area contributed by atoms with Gasteiger partial charge in [0.1, 0.15) is 12.4 Å². The molecule has 1 aliphatic rings. The fraction of sp³-hybridized carbons (Fsp3) is 0.308. The highest BCUT2D eigenvalue weighted by atomic mass is 35.5. The predicted octanol–water partition coefficient (Wildman–Crippen LogP) is 5.01. The van der Waals surface area contributed by atoms with Crippen molar-refractivity contribution < 1.29 is 18.3 Å². The summed E-state index contributed by atoms with van der Waals surface area (Å²) >= 11 is 6.01. The minimum atomic E-state index is -0.639. The first kappa shape index (κ1) is 24.1. The molecule has 34 heavy (non-hydrogen) atoms. The number of para-hydroxylation sites is 1. The highest BCUT2D eigenvalue weighted by Gasteiger charge is 2.28. The van der Waals surface area contributed by atoms with Gasteiger partial charge in [0.25, 0.3) is 0 Å². The van der Waals surface area contributed by atoms with Crippen LogP contribution in [-0.2, 0) is 4.79 Å². The summed E-state index contributed by atoms with van der Waals surface area (Å²) in [7, 11) is 0. The van der Waals surface area contributed by atoms with Crippen LogP contribution in [0.3, 0.4) is 0 Å². The number of amides is 1. The van der Waals surface area contributed by atoms with Crippen molar-refractivity contribution in [1.29, 1.82) is 0 Å². The van der Waals surface area contributed by atoms with Crippen molar-refractivity contribution in [2.45, 2.75) is 18.9 Å². The first-order valence-corrected chi connectivity index (χ1v) is 11.6. The van der Waals surface area contributed by atoms with Gasteiger partial charge in [-0.15, -0.1) is 0 Å². The summed E-state index contributed by atoms with van der Waals surface area (Å²) in [4.78, 5) is 19.1. The van der Waals surface area contributed by atoms with Gasteiger partial charge in [-0.2, -0.15) is 0 Å². The van der Waals surface area contributed by atoms with Crippen LogP contribution in [0.5, 0.6) is 5.75 Å². The molecule has 1 aromatic heterocycles. The number of piperidine rings is 1. The number of carbonyl (C=O) groups excluding carboxylic acids is 1. The monoisotopic (exact) mass is 485 g/mol. The maximum absolute atomic E-state index is 14.5. The van der Waals surface area contributed by atoms with E-state index in [1.54, 1.807) is 48.5 Å². The van der Waals surface area contributed by atoms with E-state index in [2.05, 4.69) is 15.2 Å². The number of ether oxygens (including phenoxy) is 1. The summed E-state index contributed by atoms with van der Waals surface area (Å²) in [5, 5.41) is 3.60. The molecule has 8 heteroatoms. The summed E-state index contributed by atoms with van der Waals surface area (Å²) in [5.74, 6) is -0.902. The van der Waals surface area contributed by atoms with Crippen LogP contribution >= 0.6 is 11.6 Å². The number of carbonyl (C=O) groups is 1. The number of hydrogen-bond acceptors (Lipinski definition) is 4. The van der Waals surface area contributed by atoms with Crippen LogP contribution in [0.1, 0.15) is 30.0 Å². The molecule has 1 saturated heterocycles. The van der Waals surface area contributed by atoms with Gasteiger partial charge in [-0.05, 0) is 61.8 Å². The van der Waals surface area contributed by atoms with Crippen LogP contribution in [0.15, 0.2) is 67.0 Å². The number of likely N-dealkylation sites (tertiary alicyclic amines) is 1. The van der Waals surface area contributed by atoms with E-state index in [-0.39, 0.29) is 23.4 Å². The number of halogens is 3. The van der Waals surface area contributed by atoms with Crippen LogP contribution in [0.2, 0.25) is 5.02 Å². The Morgan fingerprint density at radius 1 is 1.09 bits per heavy atom. The molecule has 0 unspecified atom stereocenters. The van der Waals surface area contributed by atoms with Crippen molar-refractivity contribution in [2.75, 3.05) is 26.2 Å². The molecule has 4 rings (SSSR count). The zero-order valence-electron chi connectivity index (χ0n) is 18.6. The lowest BCUT2D eigenvalue weighted by Crippen LogP contribution is -2.43. The van der Waals surface area contributed by atoms with Gasteiger partial charge in [0.2, 0.25) is 5.91 Å². The van der Waals surface area contributed by atoms with E-state index in [0.29, 0.717) is 36.6 Å². The number of nitrogens with one attached hydrogen (secondary N) is 1. The molecule has 5 nitrogen and oxygen atoms in total. The smallest absolute Gasteiger partial charge is 0.223 e. The molecule has 178 valence electrons. The molecule has 2 aromatic carbocycles. The third-order valence-electron chi connectivity index (χ3n) is 6.06. The average Bonchev–Trinajstić information content (AvgIpc) is 2.85. The number of nitrogens with zero attached hydrogens (tertiary/aromatic N) is 2. The molecule has 0 saturated carbocycles. The normalized spacial score (nSPS) is 15.6. The molecule has 1 amide bonds. The van der Waals surface area contributed by atoms with Gasteiger partial charge in [-0.25, -0.2) is 8.78 Å². The van der Waals surface area contributed by atoms with E-state index in [9.17, 15) is 13.6 Å². The molecule has 1 fully saturated rings. The highest BCUT2D eigenvalue weighted by molar-refractivity contribution is 6.30. The van der Waals surface area contributed by atoms with Gasteiger partial charge < -0.3 is 10.1 Å². The Hall–Kier alpha value is -3.03. The van der Waals surface area contributed by atoms with Crippen molar-refractivity contribution in [3.63, 3.8) is 0 Å². The molecule has 1 aliphatic heterocycles. The lowest BCUT2D eigenvalue weighted by atomic mass is 9.93. The van der Waals surface area contributed by atoms with E-state index in [4.69, 9.17) is 16.3 Å². The van der Waals surface area contributed by atoms with Gasteiger partial charge in [0, 0.05) is 29.2 Å². The van der Waals surface area contributed by atoms with Crippen LogP contribution in [0.4, 0.5) is 8.78 Å². The number of aromatic nitrogens is 1. The Labute approximate surface area is 202 Å². The first-order chi connectivity index (χ1) is 16.5. The minimum Gasteiger partial charge on any atom is -0.489 e. The molecule has 2 heterocycles. The number of pyridine rings is 1. The first-order valence-electron chi connectivity index (χ1n) is 11.3. The second-order valence-electron chi connectivity index (χ2n) is 8.29. The Morgan fingerprint density at radius 2 is 1.82 bits per heavy atom. The molecule has 0 radical (unpaired) electrons. The minimum absolute atomic E-state index is 0.113. The molecular weight excluding hydrogens is 460 g/mol. The Morgan fingerprint density at radius 3 is 2.53 bits per heavy atom. The lowest BCUT2D eigenvalue weighted by Gasteiger charge is -2.32. The SMILES string of the molecule is O=C(N[C@H](c1ccc(Cl)cc1)c1ccncc1F)C1CCN(CCOc2ccccc2F)CC1. The fourth-order valence-electron chi connectivity index (χ4n) is 4.14. The molecule has 1 atom stereocenters. The second kappa shape index (κ2) is 11.4. The van der Waals surface area contributed by atoms with Crippen LogP contribution in [0, 0.1) is 17.6 Å². The van der Waals surface area contributed by atoms with E-state index in [1.165, 1.54) is 12.3 Å². The van der Waals surface area contributed by atoms with Gasteiger partial charge >= 0.3 is 0 Å². The van der Waals surface area contributed by atoms with Gasteiger partial charge in [-0.1, -0.05) is 35.9 Å². The van der Waals surface area contributed by atoms with Crippen molar-refractivity contribution in [2.24, 2.45) is 5.92 Å². The Bertz CT molecular complexity index is 1110. The van der Waals surface area contributed by atoms with Crippen LogP contribution in [-0.4, -0.2) is 42.0 Å². The van der Waals surface area contributed by atoms with Crippen molar-refractivity contribution in [3.05, 3.63) is 94.8 Å². The van der Waals surface area contributed by atoms with Gasteiger partial charge in [-0.3, -0.25) is 14.7 Å². The quantitative estimate of drug-likeness (QED) is 0.487. The van der Waals surface area contributed by atoms with Gasteiger partial charge in [0.15, 0.2) is 11.6 Å². The van der Waals surface area contributed by atoms with Crippen LogP contribution in [0.25, 0.3) is 0 Å². The molecule has 3 aromatic rings. The molecule has 0 bridgehead atoms. The standard InChI is InChI=1S/C26H26ClF2N3O2/c27-20-7-5-18(6-8-20)25(21-9-12-30-17-23(21)29)31-26(33)19-10-13-32(14-11-19)15-16-34-24-4-2-1-3-22(24)28/h1-9,12,17,19,25H,10-11,13-16H2,(H,31,33)/t25-/m1/s1. The van der Waals surface area contributed by atoms with E-state index in [0.717, 1.165) is 24.8 Å². The van der Waals surface area contributed by atoms with Crippen molar-refractivity contribution >= 4 is 17.5 Å². The zero-order valence-corrected chi connectivity index (χ0v) is 19.3. The molecule has 1 N–H and O–H groups in total. The topological polar surface area (TPSA) is 54.5 Å². The largest absolute Gasteiger partial charge is 0.489 e. The summed E-state index contributed by atoms with van der Waals surface area (Å²) < 4.78 is 33.7. The van der Waals surface area contributed by atoms with Crippen molar-refractivity contribution in [1.82, 2.24) is 15.2 Å². The fourth-order valence-corrected chi connectivity index (χ4v) is 4.27. The second-order valence-corrected chi connectivity index (χ2v) is 8.72. The summed E-state index contributed by atoms with van der Waals surface area (Å²) in [5.41, 5.74) is 1.10. The van der Waals surface area contributed by atoms with E-state index in [1.807, 2.05) is 0 Å². The van der Waals surface area contributed by atoms with Gasteiger partial charge in [0.05, 0.1) is 12.2 Å².